The molecular weight excluding hydrogens is 257 g/mol. The van der Waals surface area contributed by atoms with Gasteiger partial charge >= 0.3 is 0 Å². The van der Waals surface area contributed by atoms with Gasteiger partial charge in [-0.1, -0.05) is 12.1 Å². The van der Waals surface area contributed by atoms with Crippen molar-refractivity contribution in [2.24, 2.45) is 11.8 Å². The van der Waals surface area contributed by atoms with E-state index in [4.69, 9.17) is 0 Å². The summed E-state index contributed by atoms with van der Waals surface area (Å²) in [5.41, 5.74) is 0.805. The second kappa shape index (κ2) is 5.37. The molecule has 0 aromatic heterocycles. The molecule has 4 heteroatoms. The lowest BCUT2D eigenvalue weighted by atomic mass is 10.00. The molecule has 1 aromatic rings. The van der Waals surface area contributed by atoms with Gasteiger partial charge < -0.3 is 10.0 Å². The van der Waals surface area contributed by atoms with E-state index in [0.717, 1.165) is 24.9 Å². The van der Waals surface area contributed by atoms with Crippen molar-refractivity contribution < 1.29 is 14.3 Å². The zero-order valence-electron chi connectivity index (χ0n) is 11.2. The van der Waals surface area contributed by atoms with Gasteiger partial charge in [0.2, 0.25) is 5.91 Å². The number of aliphatic hydroxyl groups is 1. The molecule has 1 amide bonds. The highest BCUT2D eigenvalue weighted by Gasteiger charge is 2.42. The smallest absolute Gasteiger partial charge is 0.246 e. The van der Waals surface area contributed by atoms with Crippen LogP contribution in [0.15, 0.2) is 30.3 Å². The topological polar surface area (TPSA) is 40.5 Å². The summed E-state index contributed by atoms with van der Waals surface area (Å²) in [6.07, 6.45) is 4.85. The first-order chi connectivity index (χ1) is 9.63. The van der Waals surface area contributed by atoms with Crippen LogP contribution in [0, 0.1) is 17.7 Å². The predicted molar refractivity (Wildman–Crippen MR) is 74.2 cm³/mol. The Morgan fingerprint density at radius 2 is 2.00 bits per heavy atom. The Bertz CT molecular complexity index is 526. The van der Waals surface area contributed by atoms with E-state index >= 15 is 0 Å². The van der Waals surface area contributed by atoms with Crippen molar-refractivity contribution in [3.63, 3.8) is 0 Å². The van der Waals surface area contributed by atoms with Crippen molar-refractivity contribution >= 4 is 12.0 Å². The molecule has 1 N–H and O–H groups in total. The van der Waals surface area contributed by atoms with E-state index in [-0.39, 0.29) is 23.7 Å². The molecule has 1 saturated carbocycles. The van der Waals surface area contributed by atoms with E-state index in [1.54, 1.807) is 23.1 Å². The van der Waals surface area contributed by atoms with Crippen LogP contribution in [0.5, 0.6) is 0 Å². The first-order valence-electron chi connectivity index (χ1n) is 7.04. The molecule has 3 rings (SSSR count). The maximum absolute atomic E-state index is 12.8. The monoisotopic (exact) mass is 275 g/mol. The van der Waals surface area contributed by atoms with Gasteiger partial charge in [-0.05, 0) is 42.5 Å². The Hall–Kier alpha value is -1.68. The van der Waals surface area contributed by atoms with Crippen LogP contribution < -0.4 is 0 Å². The Morgan fingerprint density at radius 1 is 1.25 bits per heavy atom. The Balaban J connectivity index is 1.61. The molecular formula is C16H18FNO2. The van der Waals surface area contributed by atoms with Gasteiger partial charge in [-0.25, -0.2) is 4.39 Å². The third-order valence-corrected chi connectivity index (χ3v) is 4.42. The Labute approximate surface area is 117 Å². The summed E-state index contributed by atoms with van der Waals surface area (Å²) in [5, 5.41) is 9.84. The Kier molecular flexibility index (Phi) is 3.57. The quantitative estimate of drug-likeness (QED) is 0.839. The van der Waals surface area contributed by atoms with Gasteiger partial charge in [0.05, 0.1) is 6.10 Å². The first-order valence-corrected chi connectivity index (χ1v) is 7.04. The van der Waals surface area contributed by atoms with Crippen LogP contribution in [0.1, 0.15) is 18.4 Å². The molecule has 1 aliphatic carbocycles. The number of halogens is 1. The molecule has 0 radical (unpaired) electrons. The molecule has 106 valence electrons. The average Bonchev–Trinajstić information content (AvgIpc) is 3.01. The highest BCUT2D eigenvalue weighted by atomic mass is 19.1. The SMILES string of the molecule is O=C(/C=C/c1ccc(F)cc1)N1CC2CCC(O)C2C1. The van der Waals surface area contributed by atoms with Gasteiger partial charge in [-0.15, -0.1) is 0 Å². The number of rotatable bonds is 2. The fourth-order valence-corrected chi connectivity index (χ4v) is 3.26. The fourth-order valence-electron chi connectivity index (χ4n) is 3.26. The van der Waals surface area contributed by atoms with E-state index in [9.17, 15) is 14.3 Å². The number of fused-ring (bicyclic) bond motifs is 1. The van der Waals surface area contributed by atoms with Crippen molar-refractivity contribution in [3.05, 3.63) is 41.7 Å². The summed E-state index contributed by atoms with van der Waals surface area (Å²) >= 11 is 0. The Morgan fingerprint density at radius 3 is 2.70 bits per heavy atom. The minimum atomic E-state index is -0.283. The predicted octanol–water partition coefficient (Wildman–Crippen LogP) is 2.07. The third kappa shape index (κ3) is 2.61. The zero-order valence-corrected chi connectivity index (χ0v) is 11.2. The highest BCUT2D eigenvalue weighted by molar-refractivity contribution is 5.92. The second-order valence-electron chi connectivity index (χ2n) is 5.70. The van der Waals surface area contributed by atoms with Crippen LogP contribution in [0.3, 0.4) is 0 Å². The summed E-state index contributed by atoms with van der Waals surface area (Å²) in [4.78, 5) is 13.9. The molecule has 3 unspecified atom stereocenters. The van der Waals surface area contributed by atoms with Gasteiger partial charge in [0.1, 0.15) is 5.82 Å². The normalized spacial score (nSPS) is 29.1. The summed E-state index contributed by atoms with van der Waals surface area (Å²) in [5.74, 6) is 0.386. The molecule has 1 heterocycles. The maximum atomic E-state index is 12.8. The second-order valence-corrected chi connectivity index (χ2v) is 5.70. The van der Waals surface area contributed by atoms with Crippen molar-refractivity contribution in [1.29, 1.82) is 0 Å². The number of benzene rings is 1. The highest BCUT2D eigenvalue weighted by Crippen LogP contribution is 2.38. The van der Waals surface area contributed by atoms with Gasteiger partial charge in [0.25, 0.3) is 0 Å². The van der Waals surface area contributed by atoms with Gasteiger partial charge in [0.15, 0.2) is 0 Å². The number of hydrogen-bond acceptors (Lipinski definition) is 2. The molecule has 3 atom stereocenters. The standard InChI is InChI=1S/C16H18FNO2/c17-13-5-1-11(2-6-13)3-8-16(20)18-9-12-4-7-15(19)14(12)10-18/h1-3,5-6,8,12,14-15,19H,4,7,9-10H2/b8-3+. The minimum absolute atomic E-state index is 0.0316. The molecule has 2 fully saturated rings. The number of likely N-dealkylation sites (tertiary alicyclic amines) is 1. The van der Waals surface area contributed by atoms with E-state index in [1.807, 2.05) is 0 Å². The van der Waals surface area contributed by atoms with E-state index in [2.05, 4.69) is 0 Å². The molecule has 0 spiro atoms. The lowest BCUT2D eigenvalue weighted by Crippen LogP contribution is -2.29. The molecule has 20 heavy (non-hydrogen) atoms. The van der Waals surface area contributed by atoms with Crippen molar-refractivity contribution in [2.45, 2.75) is 18.9 Å². The average molecular weight is 275 g/mol. The van der Waals surface area contributed by atoms with Crippen LogP contribution >= 0.6 is 0 Å². The van der Waals surface area contributed by atoms with Gasteiger partial charge in [0, 0.05) is 25.1 Å². The summed E-state index contributed by atoms with van der Waals surface area (Å²) in [6, 6.07) is 6.03. The summed E-state index contributed by atoms with van der Waals surface area (Å²) in [6.45, 7) is 1.40. The van der Waals surface area contributed by atoms with Crippen molar-refractivity contribution in [3.8, 4) is 0 Å². The van der Waals surface area contributed by atoms with Crippen LogP contribution in [0.2, 0.25) is 0 Å². The zero-order chi connectivity index (χ0) is 14.1. The minimum Gasteiger partial charge on any atom is -0.393 e. The molecule has 1 saturated heterocycles. The molecule has 3 nitrogen and oxygen atoms in total. The molecule has 1 aliphatic heterocycles. The first kappa shape index (κ1) is 13.3. The van der Waals surface area contributed by atoms with Crippen LogP contribution in [0.4, 0.5) is 4.39 Å². The number of amides is 1. The lowest BCUT2D eigenvalue weighted by Gasteiger charge is -2.16. The van der Waals surface area contributed by atoms with Gasteiger partial charge in [-0.2, -0.15) is 0 Å². The molecule has 2 aliphatic rings. The maximum Gasteiger partial charge on any atom is 0.246 e. The third-order valence-electron chi connectivity index (χ3n) is 4.42. The molecule has 1 aromatic carbocycles. The van der Waals surface area contributed by atoms with Crippen molar-refractivity contribution in [2.75, 3.05) is 13.1 Å². The number of hydrogen-bond donors (Lipinski definition) is 1. The molecule has 0 bridgehead atoms. The van der Waals surface area contributed by atoms with Crippen LogP contribution in [0.25, 0.3) is 6.08 Å². The van der Waals surface area contributed by atoms with E-state index in [1.165, 1.54) is 18.2 Å². The largest absolute Gasteiger partial charge is 0.393 e. The number of carbonyl (C=O) groups is 1. The van der Waals surface area contributed by atoms with Crippen LogP contribution in [-0.2, 0) is 4.79 Å². The fraction of sp³-hybridized carbons (Fsp3) is 0.438. The number of carbonyl (C=O) groups excluding carboxylic acids is 1. The summed E-state index contributed by atoms with van der Waals surface area (Å²) in [7, 11) is 0. The van der Waals surface area contributed by atoms with Crippen molar-refractivity contribution in [1.82, 2.24) is 4.90 Å². The van der Waals surface area contributed by atoms with Gasteiger partial charge in [-0.3, -0.25) is 4.79 Å². The number of nitrogens with zero attached hydrogens (tertiary/aromatic N) is 1. The lowest BCUT2D eigenvalue weighted by molar-refractivity contribution is -0.125. The summed E-state index contributed by atoms with van der Waals surface area (Å²) < 4.78 is 12.8. The number of aliphatic hydroxyl groups excluding tert-OH is 1. The van der Waals surface area contributed by atoms with Crippen LogP contribution in [-0.4, -0.2) is 35.1 Å². The van der Waals surface area contributed by atoms with E-state index < -0.39 is 0 Å². The van der Waals surface area contributed by atoms with E-state index in [0.29, 0.717) is 12.5 Å².